The highest BCUT2D eigenvalue weighted by molar-refractivity contribution is 8.00. The van der Waals surface area contributed by atoms with Crippen molar-refractivity contribution in [1.82, 2.24) is 25.4 Å². The van der Waals surface area contributed by atoms with Crippen molar-refractivity contribution in [2.24, 2.45) is 0 Å². The van der Waals surface area contributed by atoms with E-state index in [-0.39, 0.29) is 11.2 Å². The van der Waals surface area contributed by atoms with Crippen molar-refractivity contribution in [2.45, 2.75) is 68.8 Å². The fourth-order valence-corrected chi connectivity index (χ4v) is 3.86. The number of tetrazole rings is 1. The predicted molar refractivity (Wildman–Crippen MR) is 89.7 cm³/mol. The largest absolute Gasteiger partial charge is 0.360 e. The van der Waals surface area contributed by atoms with Gasteiger partial charge in [0.15, 0.2) is 5.82 Å². The molecule has 1 atom stereocenters. The normalized spacial score (nSPS) is 16.9. The van der Waals surface area contributed by atoms with E-state index in [0.29, 0.717) is 29.2 Å². The number of thioether (sulfide) groups is 1. The van der Waals surface area contributed by atoms with Gasteiger partial charge >= 0.3 is 0 Å². The number of hydrogen-bond donors (Lipinski definition) is 1. The van der Waals surface area contributed by atoms with Crippen molar-refractivity contribution in [3.8, 4) is 0 Å². The number of hydrogen-bond acceptors (Lipinski definition) is 7. The van der Waals surface area contributed by atoms with E-state index in [0.717, 1.165) is 12.8 Å². The zero-order valence-corrected chi connectivity index (χ0v) is 14.8. The quantitative estimate of drug-likeness (QED) is 0.800. The summed E-state index contributed by atoms with van der Waals surface area (Å²) in [7, 11) is 0. The summed E-state index contributed by atoms with van der Waals surface area (Å²) in [5, 5.41) is 19.1. The smallest absolute Gasteiger partial charge is 0.239 e. The molecule has 8 nitrogen and oxygen atoms in total. The van der Waals surface area contributed by atoms with Gasteiger partial charge in [0.2, 0.25) is 11.1 Å². The summed E-state index contributed by atoms with van der Waals surface area (Å²) in [6.07, 6.45) is 6.55. The molecule has 1 fully saturated rings. The molecule has 24 heavy (non-hydrogen) atoms. The predicted octanol–water partition coefficient (Wildman–Crippen LogP) is 2.98. The summed E-state index contributed by atoms with van der Waals surface area (Å²) in [5.41, 5.74) is 0. The number of rotatable bonds is 6. The second-order valence-electron chi connectivity index (χ2n) is 6.02. The fraction of sp³-hybridized carbons (Fsp3) is 0.667. The molecule has 0 radical (unpaired) electrons. The Labute approximate surface area is 144 Å². The van der Waals surface area contributed by atoms with Gasteiger partial charge < -0.3 is 9.84 Å². The number of aromatic nitrogens is 5. The topological polar surface area (TPSA) is 98.7 Å². The molecule has 2 aromatic rings. The van der Waals surface area contributed by atoms with E-state index < -0.39 is 0 Å². The molecule has 0 aromatic carbocycles. The van der Waals surface area contributed by atoms with E-state index >= 15 is 0 Å². The Balaban J connectivity index is 1.66. The third-order valence-electron chi connectivity index (χ3n) is 4.17. The van der Waals surface area contributed by atoms with Gasteiger partial charge in [-0.2, -0.15) is 0 Å². The third kappa shape index (κ3) is 3.95. The van der Waals surface area contributed by atoms with Crippen molar-refractivity contribution in [1.29, 1.82) is 0 Å². The van der Waals surface area contributed by atoms with Crippen molar-refractivity contribution in [2.75, 3.05) is 5.32 Å². The van der Waals surface area contributed by atoms with Crippen molar-refractivity contribution < 1.29 is 9.32 Å². The SMILES string of the molecule is CCC(Sc1nnnn1C1CCCCC1)C(=O)Nc1cc(C)on1. The van der Waals surface area contributed by atoms with Crippen LogP contribution in [0.3, 0.4) is 0 Å². The summed E-state index contributed by atoms with van der Waals surface area (Å²) in [6.45, 7) is 3.76. The number of amides is 1. The molecule has 0 saturated heterocycles. The van der Waals surface area contributed by atoms with E-state index in [1.807, 2.05) is 11.6 Å². The molecule has 0 aliphatic heterocycles. The Morgan fingerprint density at radius 1 is 1.46 bits per heavy atom. The van der Waals surface area contributed by atoms with Gasteiger partial charge in [0.25, 0.3) is 0 Å². The van der Waals surface area contributed by atoms with Crippen LogP contribution in [0.2, 0.25) is 0 Å². The molecule has 0 spiro atoms. The van der Waals surface area contributed by atoms with Gasteiger partial charge in [0.1, 0.15) is 5.76 Å². The van der Waals surface area contributed by atoms with Crippen LogP contribution in [0.1, 0.15) is 57.3 Å². The molecule has 2 heterocycles. The highest BCUT2D eigenvalue weighted by Gasteiger charge is 2.25. The summed E-state index contributed by atoms with van der Waals surface area (Å²) >= 11 is 1.41. The van der Waals surface area contributed by atoms with Crippen LogP contribution in [-0.2, 0) is 4.79 Å². The molecule has 1 amide bonds. The van der Waals surface area contributed by atoms with Gasteiger partial charge in [-0.1, -0.05) is 43.1 Å². The standard InChI is InChI=1S/C15H22N6O2S/c1-3-12(14(22)16-13-9-10(2)23-18-13)24-15-17-19-20-21(15)11-7-5-4-6-8-11/h9,11-12H,3-8H2,1-2H3,(H,16,18,22). The first-order chi connectivity index (χ1) is 11.7. The van der Waals surface area contributed by atoms with Crippen LogP contribution < -0.4 is 5.32 Å². The summed E-state index contributed by atoms with van der Waals surface area (Å²) in [6, 6.07) is 2.04. The third-order valence-corrected chi connectivity index (χ3v) is 5.48. The van der Waals surface area contributed by atoms with Crippen LogP contribution in [0.15, 0.2) is 15.7 Å². The first kappa shape index (κ1) is 16.9. The summed E-state index contributed by atoms with van der Waals surface area (Å²) in [5.74, 6) is 0.977. The minimum atomic E-state index is -0.282. The molecule has 1 aliphatic carbocycles. The molecule has 1 saturated carbocycles. The lowest BCUT2D eigenvalue weighted by Crippen LogP contribution is -2.25. The highest BCUT2D eigenvalue weighted by atomic mass is 32.2. The molecule has 2 aromatic heterocycles. The number of carbonyl (C=O) groups is 1. The number of carbonyl (C=O) groups excluding carboxylic acids is 1. The van der Waals surface area contributed by atoms with Crippen LogP contribution in [-0.4, -0.2) is 36.5 Å². The maximum Gasteiger partial charge on any atom is 0.239 e. The minimum Gasteiger partial charge on any atom is -0.360 e. The lowest BCUT2D eigenvalue weighted by molar-refractivity contribution is -0.115. The highest BCUT2D eigenvalue weighted by Crippen LogP contribution is 2.32. The van der Waals surface area contributed by atoms with E-state index in [1.54, 1.807) is 13.0 Å². The van der Waals surface area contributed by atoms with E-state index in [4.69, 9.17) is 4.52 Å². The Hall–Kier alpha value is -1.90. The number of nitrogens with one attached hydrogen (secondary N) is 1. The van der Waals surface area contributed by atoms with Gasteiger partial charge in [-0.15, -0.1) is 5.10 Å². The van der Waals surface area contributed by atoms with Crippen molar-refractivity contribution in [3.05, 3.63) is 11.8 Å². The second kappa shape index (κ2) is 7.78. The lowest BCUT2D eigenvalue weighted by Gasteiger charge is -2.22. The maximum absolute atomic E-state index is 12.5. The minimum absolute atomic E-state index is 0.117. The van der Waals surface area contributed by atoms with Gasteiger partial charge in [-0.3, -0.25) is 4.79 Å². The molecule has 130 valence electrons. The first-order valence-electron chi connectivity index (χ1n) is 8.36. The van der Waals surface area contributed by atoms with Gasteiger partial charge in [0, 0.05) is 6.07 Å². The van der Waals surface area contributed by atoms with Crippen molar-refractivity contribution >= 4 is 23.5 Å². The van der Waals surface area contributed by atoms with Gasteiger partial charge in [0.05, 0.1) is 11.3 Å². The molecule has 1 unspecified atom stereocenters. The Bertz CT molecular complexity index is 679. The van der Waals surface area contributed by atoms with Crippen LogP contribution in [0, 0.1) is 6.92 Å². The average Bonchev–Trinajstić information content (AvgIpc) is 3.22. The van der Waals surface area contributed by atoms with Crippen LogP contribution in [0.25, 0.3) is 0 Å². The summed E-state index contributed by atoms with van der Waals surface area (Å²) in [4.78, 5) is 12.5. The monoisotopic (exact) mass is 350 g/mol. The number of anilines is 1. The average molecular weight is 350 g/mol. The second-order valence-corrected chi connectivity index (χ2v) is 7.19. The fourth-order valence-electron chi connectivity index (χ4n) is 2.90. The number of aryl methyl sites for hydroxylation is 1. The molecular formula is C15H22N6O2S. The zero-order valence-electron chi connectivity index (χ0n) is 13.9. The summed E-state index contributed by atoms with van der Waals surface area (Å²) < 4.78 is 6.86. The van der Waals surface area contributed by atoms with E-state index in [1.165, 1.54) is 31.0 Å². The Kier molecular flexibility index (Phi) is 5.49. The van der Waals surface area contributed by atoms with E-state index in [2.05, 4.69) is 26.0 Å². The Morgan fingerprint density at radius 3 is 2.92 bits per heavy atom. The molecule has 1 N–H and O–H groups in total. The molecular weight excluding hydrogens is 328 g/mol. The molecule has 0 bridgehead atoms. The van der Waals surface area contributed by atoms with Crippen molar-refractivity contribution in [3.63, 3.8) is 0 Å². The molecule has 1 aliphatic rings. The van der Waals surface area contributed by atoms with Crippen LogP contribution in [0.5, 0.6) is 0 Å². The molecule has 9 heteroatoms. The van der Waals surface area contributed by atoms with Gasteiger partial charge in [-0.25, -0.2) is 4.68 Å². The molecule has 3 rings (SSSR count). The van der Waals surface area contributed by atoms with Gasteiger partial charge in [-0.05, 0) is 36.6 Å². The van der Waals surface area contributed by atoms with Crippen LogP contribution >= 0.6 is 11.8 Å². The Morgan fingerprint density at radius 2 is 2.25 bits per heavy atom. The van der Waals surface area contributed by atoms with Crippen LogP contribution in [0.4, 0.5) is 5.82 Å². The van der Waals surface area contributed by atoms with E-state index in [9.17, 15) is 4.79 Å². The number of nitrogens with zero attached hydrogens (tertiary/aromatic N) is 5. The lowest BCUT2D eigenvalue weighted by atomic mass is 9.96. The first-order valence-corrected chi connectivity index (χ1v) is 9.24. The maximum atomic E-state index is 12.5. The zero-order chi connectivity index (χ0) is 16.9.